The zero-order chi connectivity index (χ0) is 22.3. The smallest absolute Gasteiger partial charge is 0.336 e. The van der Waals surface area contributed by atoms with Gasteiger partial charge in [0.1, 0.15) is 5.69 Å². The van der Waals surface area contributed by atoms with E-state index in [0.29, 0.717) is 17.2 Å². The highest BCUT2D eigenvalue weighted by Crippen LogP contribution is 2.22. The largest absolute Gasteiger partial charge is 0.478 e. The highest BCUT2D eigenvalue weighted by atomic mass is 16.4. The number of hydrazone groups is 1. The maximum absolute atomic E-state index is 12.8. The van der Waals surface area contributed by atoms with Gasteiger partial charge < -0.3 is 10.0 Å². The van der Waals surface area contributed by atoms with Gasteiger partial charge in [0.15, 0.2) is 0 Å². The summed E-state index contributed by atoms with van der Waals surface area (Å²) in [4.78, 5) is 35.4. The Hall–Kier alpha value is -4.07. The van der Waals surface area contributed by atoms with Gasteiger partial charge in [0.05, 0.1) is 17.5 Å². The number of carbonyl (C=O) groups excluding carboxylic acids is 1. The number of benzene rings is 2. The molecular weight excluding hydrogens is 406 g/mol. The Kier molecular flexibility index (Phi) is 6.50. The predicted molar refractivity (Wildman–Crippen MR) is 122 cm³/mol. The summed E-state index contributed by atoms with van der Waals surface area (Å²) in [7, 11) is 0. The fourth-order valence-corrected chi connectivity index (χ4v) is 3.57. The summed E-state index contributed by atoms with van der Waals surface area (Å²) >= 11 is 0. The van der Waals surface area contributed by atoms with Crippen molar-refractivity contribution in [3.63, 3.8) is 0 Å². The molecule has 2 aromatic carbocycles. The van der Waals surface area contributed by atoms with Gasteiger partial charge in [-0.2, -0.15) is 5.10 Å². The number of nitrogens with one attached hydrogen (secondary N) is 1. The molecule has 4 rings (SSSR count). The van der Waals surface area contributed by atoms with Crippen molar-refractivity contribution < 1.29 is 14.7 Å². The van der Waals surface area contributed by atoms with Gasteiger partial charge in [0.2, 0.25) is 5.95 Å². The number of carboxylic acids is 1. The Balaban J connectivity index is 1.60. The van der Waals surface area contributed by atoms with E-state index < -0.39 is 11.9 Å². The molecule has 8 heteroatoms. The van der Waals surface area contributed by atoms with Crippen LogP contribution in [0.1, 0.15) is 45.7 Å². The Bertz CT molecular complexity index is 1140. The molecule has 32 heavy (non-hydrogen) atoms. The highest BCUT2D eigenvalue weighted by Gasteiger charge is 2.18. The van der Waals surface area contributed by atoms with Crippen LogP contribution in [0.15, 0.2) is 65.8 Å². The van der Waals surface area contributed by atoms with Crippen LogP contribution in [0.25, 0.3) is 11.3 Å². The number of hydrogen-bond acceptors (Lipinski definition) is 6. The minimum Gasteiger partial charge on any atom is -0.478 e. The molecule has 0 spiro atoms. The summed E-state index contributed by atoms with van der Waals surface area (Å²) in [6.07, 6.45) is 4.61. The molecule has 2 N–H and O–H groups in total. The number of carboxylic acid groups (broad SMARTS) is 1. The number of aromatic nitrogens is 2. The molecule has 1 amide bonds. The number of rotatable bonds is 6. The summed E-state index contributed by atoms with van der Waals surface area (Å²) in [5.74, 6) is -1.03. The van der Waals surface area contributed by atoms with Crippen LogP contribution in [0.3, 0.4) is 0 Å². The van der Waals surface area contributed by atoms with Crippen molar-refractivity contribution in [3.05, 3.63) is 77.5 Å². The normalized spacial score (nSPS) is 13.8. The fraction of sp³-hybridized carbons (Fsp3) is 0.208. The van der Waals surface area contributed by atoms with Gasteiger partial charge in [-0.1, -0.05) is 48.5 Å². The molecule has 1 aliphatic rings. The number of nitrogens with zero attached hydrogens (tertiary/aromatic N) is 4. The number of hydrogen-bond donors (Lipinski definition) is 2. The molecular formula is C24H23N5O3. The zero-order valence-electron chi connectivity index (χ0n) is 17.4. The van der Waals surface area contributed by atoms with Crippen LogP contribution in [-0.2, 0) is 0 Å². The molecule has 0 unspecified atom stereocenters. The van der Waals surface area contributed by atoms with E-state index in [2.05, 4.69) is 20.4 Å². The predicted octanol–water partition coefficient (Wildman–Crippen LogP) is 3.60. The van der Waals surface area contributed by atoms with Crippen LogP contribution in [0, 0.1) is 0 Å². The van der Waals surface area contributed by atoms with Gasteiger partial charge in [-0.3, -0.25) is 4.79 Å². The van der Waals surface area contributed by atoms with Crippen LogP contribution in [0.5, 0.6) is 0 Å². The lowest BCUT2D eigenvalue weighted by molar-refractivity contribution is 0.0696. The topological polar surface area (TPSA) is 108 Å². The summed E-state index contributed by atoms with van der Waals surface area (Å²) in [5, 5.41) is 13.2. The van der Waals surface area contributed by atoms with Crippen molar-refractivity contribution in [2.75, 3.05) is 18.0 Å². The molecule has 1 fully saturated rings. The molecule has 1 aliphatic heterocycles. The van der Waals surface area contributed by atoms with Gasteiger partial charge in [0.25, 0.3) is 5.91 Å². The maximum atomic E-state index is 12.8. The van der Waals surface area contributed by atoms with Crippen molar-refractivity contribution in [1.29, 1.82) is 0 Å². The first-order valence-corrected chi connectivity index (χ1v) is 10.5. The second-order valence-corrected chi connectivity index (χ2v) is 7.44. The van der Waals surface area contributed by atoms with Crippen LogP contribution in [0.4, 0.5) is 5.95 Å². The van der Waals surface area contributed by atoms with Gasteiger partial charge in [-0.15, -0.1) is 0 Å². The fourth-order valence-electron chi connectivity index (χ4n) is 3.57. The Labute approximate surface area is 185 Å². The average molecular weight is 429 g/mol. The Morgan fingerprint density at radius 1 is 0.969 bits per heavy atom. The number of amides is 1. The molecule has 0 saturated carbocycles. The molecule has 0 radical (unpaired) electrons. The van der Waals surface area contributed by atoms with E-state index in [4.69, 9.17) is 4.98 Å². The standard InChI is InChI=1S/C24H23N5O3/c30-22(28-25-16-18-11-5-6-12-19(18)23(31)32)21-15-20(17-9-3-1-4-10-17)26-24(27-21)29-13-7-2-8-14-29/h1,3-6,9-12,15-16H,2,7-8,13-14H2,(H,28,30)(H,31,32)/b25-16+. The first kappa shape index (κ1) is 21.2. The van der Waals surface area contributed by atoms with E-state index in [1.54, 1.807) is 24.3 Å². The van der Waals surface area contributed by atoms with E-state index in [1.165, 1.54) is 18.7 Å². The molecule has 0 atom stereocenters. The molecule has 3 aromatic rings. The highest BCUT2D eigenvalue weighted by molar-refractivity contribution is 5.99. The van der Waals surface area contributed by atoms with Crippen LogP contribution >= 0.6 is 0 Å². The van der Waals surface area contributed by atoms with Crippen LogP contribution in [0.2, 0.25) is 0 Å². The zero-order valence-corrected chi connectivity index (χ0v) is 17.4. The SMILES string of the molecule is O=C(N/N=C/c1ccccc1C(=O)O)c1cc(-c2ccccc2)nc(N2CCCCC2)n1. The maximum Gasteiger partial charge on any atom is 0.336 e. The summed E-state index contributed by atoms with van der Waals surface area (Å²) in [5.41, 5.74) is 4.69. The first-order chi connectivity index (χ1) is 15.6. The molecule has 1 aromatic heterocycles. The van der Waals surface area contributed by atoms with E-state index in [9.17, 15) is 14.7 Å². The van der Waals surface area contributed by atoms with Gasteiger partial charge in [-0.25, -0.2) is 20.2 Å². The summed E-state index contributed by atoms with van der Waals surface area (Å²) in [6.45, 7) is 1.70. The third-order valence-corrected chi connectivity index (χ3v) is 5.22. The van der Waals surface area contributed by atoms with Crippen LogP contribution < -0.4 is 10.3 Å². The molecule has 0 aliphatic carbocycles. The molecule has 8 nitrogen and oxygen atoms in total. The monoisotopic (exact) mass is 429 g/mol. The number of piperidine rings is 1. The number of carbonyl (C=O) groups is 2. The van der Waals surface area contributed by atoms with Crippen molar-refractivity contribution in [2.24, 2.45) is 5.10 Å². The van der Waals surface area contributed by atoms with E-state index in [-0.39, 0.29) is 11.3 Å². The molecule has 1 saturated heterocycles. The minimum absolute atomic E-state index is 0.103. The lowest BCUT2D eigenvalue weighted by atomic mass is 10.1. The van der Waals surface area contributed by atoms with E-state index >= 15 is 0 Å². The van der Waals surface area contributed by atoms with Crippen molar-refractivity contribution in [2.45, 2.75) is 19.3 Å². The summed E-state index contributed by atoms with van der Waals surface area (Å²) in [6, 6.07) is 17.7. The second-order valence-electron chi connectivity index (χ2n) is 7.44. The third kappa shape index (κ3) is 4.97. The van der Waals surface area contributed by atoms with Crippen molar-refractivity contribution >= 4 is 24.0 Å². The number of anilines is 1. The Morgan fingerprint density at radius 3 is 2.44 bits per heavy atom. The van der Waals surface area contributed by atoms with E-state index in [1.807, 2.05) is 30.3 Å². The molecule has 2 heterocycles. The lowest BCUT2D eigenvalue weighted by Gasteiger charge is -2.27. The van der Waals surface area contributed by atoms with Crippen molar-refractivity contribution in [3.8, 4) is 11.3 Å². The quantitative estimate of drug-likeness (QED) is 0.458. The van der Waals surface area contributed by atoms with E-state index in [0.717, 1.165) is 31.5 Å². The van der Waals surface area contributed by atoms with Crippen LogP contribution in [-0.4, -0.2) is 46.3 Å². The average Bonchev–Trinajstić information content (AvgIpc) is 2.85. The number of aromatic carboxylic acids is 1. The van der Waals surface area contributed by atoms with Gasteiger partial charge >= 0.3 is 5.97 Å². The van der Waals surface area contributed by atoms with Crippen molar-refractivity contribution in [1.82, 2.24) is 15.4 Å². The molecule has 0 bridgehead atoms. The Morgan fingerprint density at radius 2 is 1.69 bits per heavy atom. The second kappa shape index (κ2) is 9.82. The van der Waals surface area contributed by atoms with Gasteiger partial charge in [-0.05, 0) is 31.4 Å². The molecule has 162 valence electrons. The summed E-state index contributed by atoms with van der Waals surface area (Å²) < 4.78 is 0. The minimum atomic E-state index is -1.06. The third-order valence-electron chi connectivity index (χ3n) is 5.22. The van der Waals surface area contributed by atoms with Gasteiger partial charge in [0, 0.05) is 24.2 Å². The first-order valence-electron chi connectivity index (χ1n) is 10.5. The lowest BCUT2D eigenvalue weighted by Crippen LogP contribution is -2.32.